The Morgan fingerprint density at radius 1 is 0.815 bits per heavy atom. The lowest BCUT2D eigenvalue weighted by atomic mass is 10.0. The number of carbonyl (C=O) groups is 3. The fraction of sp³-hybridized carbons (Fsp3) is 0.300. The largest absolute Gasteiger partial charge is 0.514 e. The first-order chi connectivity index (χ1) is 26.1. The molecule has 54 heavy (non-hydrogen) atoms. The van der Waals surface area contributed by atoms with Crippen LogP contribution in [0.1, 0.15) is 35.3 Å². The molecule has 4 aromatic carbocycles. The zero-order chi connectivity index (χ0) is 38.8. The van der Waals surface area contributed by atoms with E-state index in [2.05, 4.69) is 10.6 Å². The van der Waals surface area contributed by atoms with Crippen LogP contribution in [0.15, 0.2) is 78.9 Å². The molecule has 1 aromatic heterocycles. The van der Waals surface area contributed by atoms with Crippen molar-refractivity contribution in [3.05, 3.63) is 95.6 Å². The van der Waals surface area contributed by atoms with Crippen molar-refractivity contribution in [3.63, 3.8) is 0 Å². The van der Waals surface area contributed by atoms with E-state index in [9.17, 15) is 14.4 Å². The number of para-hydroxylation sites is 2. The molecular weight excluding hydrogens is 731 g/mol. The Morgan fingerprint density at radius 3 is 2.13 bits per heavy atom. The van der Waals surface area contributed by atoms with Gasteiger partial charge in [0.05, 0.1) is 28.9 Å². The minimum Gasteiger partial charge on any atom is -0.450 e. The van der Waals surface area contributed by atoms with Crippen LogP contribution < -0.4 is 20.3 Å². The van der Waals surface area contributed by atoms with Crippen LogP contribution in [-0.2, 0) is 16.1 Å². The fourth-order valence-electron chi connectivity index (χ4n) is 6.10. The molecule has 0 fully saturated rings. The number of nitrogens with one attached hydrogen (secondary N) is 2. The maximum atomic E-state index is 13.8. The number of anilines is 4. The van der Waals surface area contributed by atoms with Crippen LogP contribution in [-0.4, -0.2) is 85.3 Å². The summed E-state index contributed by atoms with van der Waals surface area (Å²) < 4.78 is 16.1. The van der Waals surface area contributed by atoms with Gasteiger partial charge < -0.3 is 24.4 Å². The van der Waals surface area contributed by atoms with E-state index in [1.807, 2.05) is 75.3 Å². The molecule has 0 saturated carbocycles. The molecule has 14 heteroatoms. The molecule has 0 bridgehead atoms. The van der Waals surface area contributed by atoms with Gasteiger partial charge in [-0.25, -0.2) is 19.6 Å². The van der Waals surface area contributed by atoms with E-state index in [0.717, 1.165) is 27.5 Å². The highest BCUT2D eigenvalue weighted by Crippen LogP contribution is 2.37. The molecule has 1 heterocycles. The Labute approximate surface area is 324 Å². The monoisotopic (exact) mass is 774 g/mol. The number of ether oxygens (including phenoxy) is 3. The molecule has 2 amide bonds. The van der Waals surface area contributed by atoms with Crippen molar-refractivity contribution in [2.24, 2.45) is 0 Å². The van der Waals surface area contributed by atoms with Gasteiger partial charge in [0.2, 0.25) is 0 Å². The highest BCUT2D eigenvalue weighted by atomic mass is 35.5. The number of amides is 2. The van der Waals surface area contributed by atoms with Gasteiger partial charge in [0.25, 0.3) is 5.91 Å². The van der Waals surface area contributed by atoms with Crippen LogP contribution in [0.25, 0.3) is 21.8 Å². The number of rotatable bonds is 15. The topological polar surface area (TPSA) is 126 Å². The number of aromatic nitrogens is 1. The third-order valence-corrected chi connectivity index (χ3v) is 8.87. The normalized spacial score (nSPS) is 11.0. The van der Waals surface area contributed by atoms with Gasteiger partial charge in [-0.2, -0.15) is 0 Å². The lowest BCUT2D eigenvalue weighted by molar-refractivity contribution is 0.0232. The summed E-state index contributed by atoms with van der Waals surface area (Å²) in [4.78, 5) is 46.2. The standard InChI is InChI=1S/C40H44Cl2N6O6/c1-6-48(46(4)5)38(49)34-13-9-12-33-36(32-11-8-10-26(3)35(32)45-37(33)34)43-28-22-27(23-29(24-28)44-39(50)52-7-2)25-53-40(51)54-31-16-14-30(15-17-31)47(20-18-41)21-19-42/h8-17,22-24H,6-7,18-21,25H2,1-5H3,(H,43,45)(H,44,50). The Bertz CT molecular complexity index is 2110. The number of nitrogens with zero attached hydrogens (tertiary/aromatic N) is 4. The summed E-state index contributed by atoms with van der Waals surface area (Å²) in [6.45, 7) is 7.34. The highest BCUT2D eigenvalue weighted by molar-refractivity contribution is 6.18. The second-order valence-corrected chi connectivity index (χ2v) is 13.2. The second-order valence-electron chi connectivity index (χ2n) is 12.4. The molecule has 0 aliphatic heterocycles. The van der Waals surface area contributed by atoms with E-state index in [0.29, 0.717) is 70.8 Å². The van der Waals surface area contributed by atoms with E-state index >= 15 is 0 Å². The number of halogens is 2. The van der Waals surface area contributed by atoms with E-state index in [1.165, 1.54) is 0 Å². The van der Waals surface area contributed by atoms with Crippen LogP contribution >= 0.6 is 23.2 Å². The summed E-state index contributed by atoms with van der Waals surface area (Å²) in [6.07, 6.45) is -1.54. The Kier molecular flexibility index (Phi) is 13.8. The Hall–Kier alpha value is -5.30. The summed E-state index contributed by atoms with van der Waals surface area (Å²) in [7, 11) is 3.65. The number of alkyl halides is 2. The lowest BCUT2D eigenvalue weighted by Crippen LogP contribution is -2.41. The SMILES string of the molecule is CCOC(=O)Nc1cc(COC(=O)Oc2ccc(N(CCCl)CCCl)cc2)cc(Nc2c3cccc(C)c3nc3c(C(=O)N(CC)N(C)C)cccc23)c1. The quantitative estimate of drug-likeness (QED) is 0.0350. The molecule has 0 aliphatic rings. The van der Waals surface area contributed by atoms with Crippen molar-refractivity contribution in [1.82, 2.24) is 15.0 Å². The average molecular weight is 776 g/mol. The number of fused-ring (bicyclic) bond motifs is 2. The van der Waals surface area contributed by atoms with Crippen LogP contribution in [0.5, 0.6) is 5.75 Å². The van der Waals surface area contributed by atoms with Crippen LogP contribution in [0, 0.1) is 6.92 Å². The minimum absolute atomic E-state index is 0.170. The number of carbonyl (C=O) groups excluding carboxylic acids is 3. The smallest absolute Gasteiger partial charge is 0.450 e. The maximum absolute atomic E-state index is 13.8. The van der Waals surface area contributed by atoms with Gasteiger partial charge in [-0.15, -0.1) is 23.2 Å². The molecule has 0 saturated heterocycles. The average Bonchev–Trinajstić information content (AvgIpc) is 3.14. The van der Waals surface area contributed by atoms with Crippen molar-refractivity contribution in [2.75, 3.05) is 67.6 Å². The van der Waals surface area contributed by atoms with Gasteiger partial charge in [-0.1, -0.05) is 30.3 Å². The molecule has 0 unspecified atom stereocenters. The number of hydrogen-bond acceptors (Lipinski definition) is 10. The third kappa shape index (κ3) is 9.62. The summed E-state index contributed by atoms with van der Waals surface area (Å²) >= 11 is 11.9. The lowest BCUT2D eigenvalue weighted by Gasteiger charge is -2.28. The number of benzene rings is 4. The first-order valence-corrected chi connectivity index (χ1v) is 18.6. The van der Waals surface area contributed by atoms with Gasteiger partial charge >= 0.3 is 12.2 Å². The van der Waals surface area contributed by atoms with Gasteiger partial charge in [0, 0.05) is 73.3 Å². The van der Waals surface area contributed by atoms with E-state index in [1.54, 1.807) is 53.3 Å². The zero-order valence-electron chi connectivity index (χ0n) is 30.9. The van der Waals surface area contributed by atoms with Crippen molar-refractivity contribution in [2.45, 2.75) is 27.4 Å². The molecule has 0 radical (unpaired) electrons. The number of hydrazine groups is 1. The van der Waals surface area contributed by atoms with Crippen molar-refractivity contribution < 1.29 is 28.6 Å². The van der Waals surface area contributed by atoms with E-state index in [-0.39, 0.29) is 19.1 Å². The minimum atomic E-state index is -0.906. The third-order valence-electron chi connectivity index (χ3n) is 8.54. The number of pyridine rings is 1. The second kappa shape index (κ2) is 18.6. The summed E-state index contributed by atoms with van der Waals surface area (Å²) in [5, 5.41) is 11.2. The molecule has 5 aromatic rings. The summed E-state index contributed by atoms with van der Waals surface area (Å²) in [5.41, 5.74) is 5.79. The van der Waals surface area contributed by atoms with Crippen molar-refractivity contribution >= 4 is 85.9 Å². The first-order valence-electron chi connectivity index (χ1n) is 17.5. The van der Waals surface area contributed by atoms with Gasteiger partial charge in [0.1, 0.15) is 12.4 Å². The van der Waals surface area contributed by atoms with Gasteiger partial charge in [0.15, 0.2) is 0 Å². The predicted molar refractivity (Wildman–Crippen MR) is 216 cm³/mol. The molecule has 12 nitrogen and oxygen atoms in total. The molecule has 0 aliphatic carbocycles. The van der Waals surface area contributed by atoms with Crippen LogP contribution in [0.3, 0.4) is 0 Å². The highest BCUT2D eigenvalue weighted by Gasteiger charge is 2.22. The Balaban J connectivity index is 1.47. The zero-order valence-corrected chi connectivity index (χ0v) is 32.5. The molecular formula is C40H44Cl2N6O6. The maximum Gasteiger partial charge on any atom is 0.514 e. The fourth-order valence-corrected chi connectivity index (χ4v) is 6.51. The first kappa shape index (κ1) is 39.9. The van der Waals surface area contributed by atoms with Crippen molar-refractivity contribution in [3.8, 4) is 5.75 Å². The molecule has 0 spiro atoms. The van der Waals surface area contributed by atoms with Crippen LogP contribution in [0.2, 0.25) is 0 Å². The van der Waals surface area contributed by atoms with Crippen LogP contribution in [0.4, 0.5) is 32.3 Å². The summed E-state index contributed by atoms with van der Waals surface area (Å²) in [5.74, 6) is 1.02. The van der Waals surface area contributed by atoms with Crippen molar-refractivity contribution in [1.29, 1.82) is 0 Å². The molecule has 5 rings (SSSR count). The Morgan fingerprint density at radius 2 is 1.48 bits per heavy atom. The number of hydrogen-bond donors (Lipinski definition) is 2. The molecule has 284 valence electrons. The van der Waals surface area contributed by atoms with E-state index in [4.69, 9.17) is 42.4 Å². The van der Waals surface area contributed by atoms with Gasteiger partial charge in [-0.3, -0.25) is 15.1 Å². The predicted octanol–water partition coefficient (Wildman–Crippen LogP) is 8.95. The van der Waals surface area contributed by atoms with E-state index < -0.39 is 12.2 Å². The number of aryl methyl sites for hydroxylation is 1. The van der Waals surface area contributed by atoms with Gasteiger partial charge in [-0.05, 0) is 80.4 Å². The molecule has 2 N–H and O–H groups in total. The summed E-state index contributed by atoms with van der Waals surface area (Å²) in [6, 6.07) is 23.6. The molecule has 0 atom stereocenters.